The molecule has 106 valence electrons. The van der Waals surface area contributed by atoms with Crippen LogP contribution in [0, 0.1) is 0 Å². The maximum absolute atomic E-state index is 2.40. The van der Waals surface area contributed by atoms with Crippen LogP contribution in [0.5, 0.6) is 0 Å². The van der Waals surface area contributed by atoms with E-state index in [2.05, 4.69) is 76.4 Å². The predicted octanol–water partition coefficient (Wildman–Crippen LogP) is 3.74. The quantitative estimate of drug-likeness (QED) is 0.712. The molecule has 0 saturated heterocycles. The number of nitrogens with zero attached hydrogens (tertiary/aromatic N) is 2. The number of hydrogen-bond acceptors (Lipinski definition) is 2. The van der Waals surface area contributed by atoms with E-state index >= 15 is 0 Å². The Morgan fingerprint density at radius 3 is 2.16 bits per heavy atom. The molecule has 0 aromatic carbocycles. The van der Waals surface area contributed by atoms with Gasteiger partial charge in [-0.1, -0.05) is 0 Å². The standard InChI is InChI=1S/C12H19N2.2C2H5.Ga/c1-13(2)9-11-6-5-7-12(8-11)10-14(3)4;2*1-2;/h5-6,8-10H,7H2,1-4H3;2*1H2,2H3;/b11-9-,12-10+;;;. The van der Waals surface area contributed by atoms with Crippen LogP contribution in [0.25, 0.3) is 0 Å². The Morgan fingerprint density at radius 1 is 1.11 bits per heavy atom. The molecule has 0 radical (unpaired) electrons. The van der Waals surface area contributed by atoms with E-state index in [4.69, 9.17) is 0 Å². The van der Waals surface area contributed by atoms with E-state index in [1.54, 1.807) is 5.57 Å². The van der Waals surface area contributed by atoms with Gasteiger partial charge < -0.3 is 0 Å². The summed E-state index contributed by atoms with van der Waals surface area (Å²) in [6, 6.07) is 0. The third-order valence-electron chi connectivity index (χ3n) is 3.77. The molecule has 1 aliphatic rings. The van der Waals surface area contributed by atoms with Gasteiger partial charge >= 0.3 is 125 Å². The molecule has 0 aromatic heterocycles. The molecule has 0 bridgehead atoms. The summed E-state index contributed by atoms with van der Waals surface area (Å²) in [5.41, 5.74) is 3.17. The normalized spacial score (nSPS) is 22.9. The van der Waals surface area contributed by atoms with Crippen LogP contribution in [-0.2, 0) is 0 Å². The molecule has 1 aliphatic carbocycles. The van der Waals surface area contributed by atoms with Gasteiger partial charge in [-0.3, -0.25) is 0 Å². The van der Waals surface area contributed by atoms with Crippen LogP contribution in [0.1, 0.15) is 20.3 Å². The van der Waals surface area contributed by atoms with Gasteiger partial charge in [0.2, 0.25) is 0 Å². The van der Waals surface area contributed by atoms with Crippen LogP contribution in [0.2, 0.25) is 14.4 Å². The average molecular weight is 319 g/mol. The summed E-state index contributed by atoms with van der Waals surface area (Å²) in [6.45, 7) is 4.79. The first-order valence-corrected chi connectivity index (χ1v) is 12.2. The van der Waals surface area contributed by atoms with E-state index in [-0.39, 0.29) is 0 Å². The van der Waals surface area contributed by atoms with E-state index in [1.807, 2.05) is 0 Å². The van der Waals surface area contributed by atoms with Crippen molar-refractivity contribution < 1.29 is 0 Å². The summed E-state index contributed by atoms with van der Waals surface area (Å²) in [6.07, 6.45) is 10.5. The minimum atomic E-state index is -1.27. The van der Waals surface area contributed by atoms with E-state index in [9.17, 15) is 0 Å². The van der Waals surface area contributed by atoms with Gasteiger partial charge in [-0.15, -0.1) is 0 Å². The summed E-state index contributed by atoms with van der Waals surface area (Å²) in [5, 5.41) is 0. The van der Waals surface area contributed by atoms with Crippen molar-refractivity contribution in [2.75, 3.05) is 28.2 Å². The van der Waals surface area contributed by atoms with Gasteiger partial charge in [-0.05, 0) is 0 Å². The van der Waals surface area contributed by atoms with Gasteiger partial charge in [0.25, 0.3) is 0 Å². The average Bonchev–Trinajstić information content (AvgIpc) is 2.32. The van der Waals surface area contributed by atoms with Gasteiger partial charge in [0.15, 0.2) is 0 Å². The van der Waals surface area contributed by atoms with Crippen molar-refractivity contribution in [2.45, 2.75) is 34.7 Å². The minimum absolute atomic E-state index is 0.761. The predicted molar refractivity (Wildman–Crippen MR) is 87.8 cm³/mol. The van der Waals surface area contributed by atoms with Crippen LogP contribution in [0.3, 0.4) is 0 Å². The number of allylic oxidation sites excluding steroid dienone is 4. The second kappa shape index (κ2) is 7.90. The Hall–Kier alpha value is -0.544. The fourth-order valence-electron chi connectivity index (χ4n) is 3.00. The number of hydrogen-bond donors (Lipinski definition) is 0. The van der Waals surface area contributed by atoms with Gasteiger partial charge in [-0.25, -0.2) is 0 Å². The second-order valence-electron chi connectivity index (χ2n) is 5.92. The Labute approximate surface area is 124 Å². The molecular formula is C16H29GaN2. The molecule has 2 nitrogen and oxygen atoms in total. The molecule has 0 saturated carbocycles. The fraction of sp³-hybridized carbons (Fsp3) is 0.625. The van der Waals surface area contributed by atoms with Crippen molar-refractivity contribution in [3.05, 3.63) is 35.7 Å². The van der Waals surface area contributed by atoms with Crippen molar-refractivity contribution >= 4 is 16.2 Å². The van der Waals surface area contributed by atoms with Crippen molar-refractivity contribution in [1.29, 1.82) is 0 Å². The van der Waals surface area contributed by atoms with Crippen molar-refractivity contribution in [2.24, 2.45) is 0 Å². The van der Waals surface area contributed by atoms with Crippen LogP contribution in [0.15, 0.2) is 35.7 Å². The van der Waals surface area contributed by atoms with Crippen LogP contribution < -0.4 is 0 Å². The summed E-state index contributed by atoms with van der Waals surface area (Å²) < 4.78 is 0.761. The molecule has 0 amide bonds. The van der Waals surface area contributed by atoms with E-state index in [0.717, 1.165) is 10.9 Å². The van der Waals surface area contributed by atoms with E-state index in [0.29, 0.717) is 0 Å². The maximum atomic E-state index is 2.40. The molecule has 0 N–H and O–H groups in total. The van der Waals surface area contributed by atoms with E-state index in [1.165, 1.54) is 15.5 Å². The summed E-state index contributed by atoms with van der Waals surface area (Å²) >= 11 is -1.27. The first-order valence-electron chi connectivity index (χ1n) is 7.41. The molecule has 19 heavy (non-hydrogen) atoms. The third kappa shape index (κ3) is 4.81. The zero-order chi connectivity index (χ0) is 14.4. The molecule has 0 heterocycles. The first-order chi connectivity index (χ1) is 8.99. The second-order valence-corrected chi connectivity index (χ2v) is 13.9. The molecule has 0 aliphatic heterocycles. The van der Waals surface area contributed by atoms with Gasteiger partial charge in [0.1, 0.15) is 0 Å². The SMILES string of the molecule is C[CH2][Ga]([CH2]C)[CH]1/C(=C\N(C)C)C=CC/C1=C\N(C)C. The van der Waals surface area contributed by atoms with Crippen molar-refractivity contribution in [3.8, 4) is 0 Å². The zero-order valence-electron chi connectivity index (χ0n) is 13.5. The molecule has 0 aromatic rings. The Kier molecular flexibility index (Phi) is 6.87. The van der Waals surface area contributed by atoms with Crippen LogP contribution in [0.4, 0.5) is 0 Å². The van der Waals surface area contributed by atoms with Crippen molar-refractivity contribution in [3.63, 3.8) is 0 Å². The molecule has 1 atom stereocenters. The fourth-order valence-corrected chi connectivity index (χ4v) is 9.48. The van der Waals surface area contributed by atoms with Gasteiger partial charge in [0, 0.05) is 0 Å². The van der Waals surface area contributed by atoms with Crippen molar-refractivity contribution in [1.82, 2.24) is 9.80 Å². The Morgan fingerprint density at radius 2 is 1.68 bits per heavy atom. The molecule has 0 fully saturated rings. The first kappa shape index (κ1) is 16.5. The monoisotopic (exact) mass is 318 g/mol. The molecule has 1 unspecified atom stereocenters. The summed E-state index contributed by atoms with van der Waals surface area (Å²) in [7, 11) is 8.53. The Balaban J connectivity index is 3.17. The molecule has 1 rings (SSSR count). The number of rotatable bonds is 5. The molecule has 3 heteroatoms. The van der Waals surface area contributed by atoms with Gasteiger partial charge in [0.05, 0.1) is 0 Å². The summed E-state index contributed by atoms with van der Waals surface area (Å²) in [5.74, 6) is 0. The molecular weight excluding hydrogens is 290 g/mol. The van der Waals surface area contributed by atoms with Crippen LogP contribution in [-0.4, -0.2) is 54.2 Å². The topological polar surface area (TPSA) is 6.48 Å². The van der Waals surface area contributed by atoms with Gasteiger partial charge in [-0.2, -0.15) is 0 Å². The van der Waals surface area contributed by atoms with Crippen LogP contribution >= 0.6 is 0 Å². The zero-order valence-corrected chi connectivity index (χ0v) is 15.9. The Bertz CT molecular complexity index is 363. The summed E-state index contributed by atoms with van der Waals surface area (Å²) in [4.78, 5) is 7.25. The molecule has 0 spiro atoms. The third-order valence-corrected chi connectivity index (χ3v) is 11.9. The van der Waals surface area contributed by atoms with E-state index < -0.39 is 16.2 Å².